The van der Waals surface area contributed by atoms with Gasteiger partial charge >= 0.3 is 6.18 Å². The van der Waals surface area contributed by atoms with Gasteiger partial charge in [-0.3, -0.25) is 4.90 Å². The number of nitrogens with zero attached hydrogens (tertiary/aromatic N) is 1. The summed E-state index contributed by atoms with van der Waals surface area (Å²) >= 11 is 0. The Balaban J connectivity index is 2.62. The number of halogens is 3. The molecule has 19 heavy (non-hydrogen) atoms. The van der Waals surface area contributed by atoms with Crippen LogP contribution in [0.1, 0.15) is 32.6 Å². The lowest BCUT2D eigenvalue weighted by Gasteiger charge is -2.35. The van der Waals surface area contributed by atoms with Gasteiger partial charge in [0, 0.05) is 19.6 Å². The Morgan fingerprint density at radius 2 is 1.89 bits per heavy atom. The summed E-state index contributed by atoms with van der Waals surface area (Å²) in [6, 6.07) is 0. The lowest BCUT2D eigenvalue weighted by atomic mass is 9.85. The molecule has 0 aliphatic heterocycles. The van der Waals surface area contributed by atoms with E-state index in [1.165, 1.54) is 4.90 Å². The fraction of sp³-hybridized carbons (Fsp3) is 1.00. The van der Waals surface area contributed by atoms with Crippen LogP contribution in [0.3, 0.4) is 0 Å². The maximum Gasteiger partial charge on any atom is 0.401 e. The quantitative estimate of drug-likeness (QED) is 0.715. The highest BCUT2D eigenvalue weighted by Crippen LogP contribution is 2.38. The zero-order chi connectivity index (χ0) is 14.4. The first kappa shape index (κ1) is 16.7. The van der Waals surface area contributed by atoms with Gasteiger partial charge in [-0.05, 0) is 24.8 Å². The third-order valence-electron chi connectivity index (χ3n) is 3.79. The molecule has 0 radical (unpaired) electrons. The minimum Gasteiger partial charge on any atom is -0.395 e. The summed E-state index contributed by atoms with van der Waals surface area (Å²) in [6.07, 6.45) is -0.0819. The first-order chi connectivity index (χ1) is 8.91. The van der Waals surface area contributed by atoms with Crippen molar-refractivity contribution in [2.75, 3.05) is 39.3 Å². The van der Waals surface area contributed by atoms with E-state index in [4.69, 9.17) is 5.11 Å². The molecular weight excluding hydrogens is 257 g/mol. The maximum absolute atomic E-state index is 12.5. The number of aliphatic hydroxyl groups excluding tert-OH is 1. The monoisotopic (exact) mass is 282 g/mol. The van der Waals surface area contributed by atoms with Crippen LogP contribution in [-0.4, -0.2) is 55.5 Å². The minimum atomic E-state index is -4.20. The van der Waals surface area contributed by atoms with E-state index in [1.807, 2.05) is 6.92 Å². The molecule has 0 saturated heterocycles. The van der Waals surface area contributed by atoms with Crippen molar-refractivity contribution >= 4 is 0 Å². The summed E-state index contributed by atoms with van der Waals surface area (Å²) in [5.41, 5.74) is -0.0591. The highest BCUT2D eigenvalue weighted by Gasteiger charge is 2.38. The Bertz CT molecular complexity index is 253. The van der Waals surface area contributed by atoms with Gasteiger partial charge in [-0.15, -0.1) is 0 Å². The molecule has 114 valence electrons. The van der Waals surface area contributed by atoms with E-state index in [1.54, 1.807) is 0 Å². The topological polar surface area (TPSA) is 35.5 Å². The first-order valence-electron chi connectivity index (χ1n) is 7.01. The SMILES string of the molecule is CCNCC1(CN(CCO)CC(F)(F)F)CCCC1. The van der Waals surface area contributed by atoms with Gasteiger partial charge in [0.05, 0.1) is 13.2 Å². The lowest BCUT2D eigenvalue weighted by Crippen LogP contribution is -2.46. The summed E-state index contributed by atoms with van der Waals surface area (Å²) in [4.78, 5) is 1.35. The van der Waals surface area contributed by atoms with E-state index >= 15 is 0 Å². The van der Waals surface area contributed by atoms with Crippen molar-refractivity contribution < 1.29 is 18.3 Å². The average molecular weight is 282 g/mol. The molecule has 1 aliphatic carbocycles. The highest BCUT2D eigenvalue weighted by atomic mass is 19.4. The van der Waals surface area contributed by atoms with Gasteiger partial charge in [-0.25, -0.2) is 0 Å². The highest BCUT2D eigenvalue weighted by molar-refractivity contribution is 4.89. The molecule has 2 N–H and O–H groups in total. The lowest BCUT2D eigenvalue weighted by molar-refractivity contribution is -0.150. The van der Waals surface area contributed by atoms with Gasteiger partial charge in [0.25, 0.3) is 0 Å². The molecule has 0 atom stereocenters. The summed E-state index contributed by atoms with van der Waals surface area (Å²) in [5.74, 6) is 0. The fourth-order valence-electron chi connectivity index (χ4n) is 2.99. The molecule has 0 aromatic rings. The second-order valence-electron chi connectivity index (χ2n) is 5.54. The van der Waals surface area contributed by atoms with E-state index in [0.29, 0.717) is 6.54 Å². The molecule has 3 nitrogen and oxygen atoms in total. The van der Waals surface area contributed by atoms with Crippen LogP contribution < -0.4 is 5.32 Å². The van der Waals surface area contributed by atoms with Crippen molar-refractivity contribution in [2.45, 2.75) is 38.8 Å². The van der Waals surface area contributed by atoms with E-state index in [9.17, 15) is 13.2 Å². The first-order valence-corrected chi connectivity index (χ1v) is 7.01. The number of hydrogen-bond acceptors (Lipinski definition) is 3. The molecule has 0 aromatic heterocycles. The van der Waals surface area contributed by atoms with Gasteiger partial charge in [0.15, 0.2) is 0 Å². The summed E-state index contributed by atoms with van der Waals surface area (Å²) in [5, 5.41) is 12.2. The Labute approximate surface area is 113 Å². The molecular formula is C13H25F3N2O. The third-order valence-corrected chi connectivity index (χ3v) is 3.79. The molecule has 0 bridgehead atoms. The number of alkyl halides is 3. The minimum absolute atomic E-state index is 0.0591. The van der Waals surface area contributed by atoms with E-state index < -0.39 is 12.7 Å². The molecule has 1 fully saturated rings. The van der Waals surface area contributed by atoms with Crippen LogP contribution in [-0.2, 0) is 0 Å². The molecule has 0 spiro atoms. The molecule has 0 unspecified atom stereocenters. The van der Waals surface area contributed by atoms with Crippen LogP contribution in [0.5, 0.6) is 0 Å². The third kappa shape index (κ3) is 6.10. The number of nitrogens with one attached hydrogen (secondary N) is 1. The van der Waals surface area contributed by atoms with Crippen LogP contribution in [0.15, 0.2) is 0 Å². The van der Waals surface area contributed by atoms with Crippen molar-refractivity contribution in [2.24, 2.45) is 5.41 Å². The van der Waals surface area contributed by atoms with Crippen LogP contribution in [0.25, 0.3) is 0 Å². The second-order valence-corrected chi connectivity index (χ2v) is 5.54. The Kier molecular flexibility index (Phi) is 6.56. The van der Waals surface area contributed by atoms with Gasteiger partial charge in [-0.2, -0.15) is 13.2 Å². The number of rotatable bonds is 8. The largest absolute Gasteiger partial charge is 0.401 e. The van der Waals surface area contributed by atoms with Crippen molar-refractivity contribution in [3.8, 4) is 0 Å². The predicted molar refractivity (Wildman–Crippen MR) is 69.0 cm³/mol. The fourth-order valence-corrected chi connectivity index (χ4v) is 2.99. The summed E-state index contributed by atoms with van der Waals surface area (Å²) < 4.78 is 37.6. The number of aliphatic hydroxyl groups is 1. The van der Waals surface area contributed by atoms with Crippen LogP contribution in [0, 0.1) is 5.41 Å². The van der Waals surface area contributed by atoms with Crippen molar-refractivity contribution in [3.05, 3.63) is 0 Å². The van der Waals surface area contributed by atoms with E-state index in [0.717, 1.165) is 38.8 Å². The molecule has 0 aromatic carbocycles. The van der Waals surface area contributed by atoms with E-state index in [-0.39, 0.29) is 18.6 Å². The summed E-state index contributed by atoms with van der Waals surface area (Å²) in [7, 11) is 0. The summed E-state index contributed by atoms with van der Waals surface area (Å²) in [6.45, 7) is 2.95. The Morgan fingerprint density at radius 1 is 1.26 bits per heavy atom. The van der Waals surface area contributed by atoms with Crippen molar-refractivity contribution in [3.63, 3.8) is 0 Å². The van der Waals surface area contributed by atoms with Crippen molar-refractivity contribution in [1.82, 2.24) is 10.2 Å². The van der Waals surface area contributed by atoms with Gasteiger partial charge in [-0.1, -0.05) is 19.8 Å². The van der Waals surface area contributed by atoms with Gasteiger partial charge < -0.3 is 10.4 Å². The Morgan fingerprint density at radius 3 is 2.37 bits per heavy atom. The van der Waals surface area contributed by atoms with Crippen LogP contribution in [0.4, 0.5) is 13.2 Å². The number of hydrogen-bond donors (Lipinski definition) is 2. The van der Waals surface area contributed by atoms with Crippen molar-refractivity contribution in [1.29, 1.82) is 0 Å². The molecule has 1 rings (SSSR count). The second kappa shape index (κ2) is 7.45. The smallest absolute Gasteiger partial charge is 0.395 e. The molecule has 1 aliphatic rings. The predicted octanol–water partition coefficient (Wildman–Crippen LogP) is 2.01. The van der Waals surface area contributed by atoms with Gasteiger partial charge in [0.2, 0.25) is 0 Å². The average Bonchev–Trinajstić information content (AvgIpc) is 2.73. The maximum atomic E-state index is 12.5. The molecule has 0 heterocycles. The Hall–Kier alpha value is -0.330. The zero-order valence-electron chi connectivity index (χ0n) is 11.6. The van der Waals surface area contributed by atoms with Crippen LogP contribution >= 0.6 is 0 Å². The molecule has 0 amide bonds. The van der Waals surface area contributed by atoms with Gasteiger partial charge in [0.1, 0.15) is 0 Å². The molecule has 6 heteroatoms. The standard InChI is InChI=1S/C13H25F3N2O/c1-2-17-9-12(5-3-4-6-12)10-18(7-8-19)11-13(14,15)16/h17,19H,2-11H2,1H3. The molecule has 1 saturated carbocycles. The zero-order valence-corrected chi connectivity index (χ0v) is 11.6. The normalized spacial score (nSPS) is 19.3. The van der Waals surface area contributed by atoms with E-state index in [2.05, 4.69) is 5.32 Å². The van der Waals surface area contributed by atoms with Crippen LogP contribution in [0.2, 0.25) is 0 Å².